The Labute approximate surface area is 229 Å². The van der Waals surface area contributed by atoms with E-state index in [2.05, 4.69) is 5.10 Å². The summed E-state index contributed by atoms with van der Waals surface area (Å²) in [6.45, 7) is 4.26. The van der Waals surface area contributed by atoms with Gasteiger partial charge in [-0.25, -0.2) is 21.9 Å². The van der Waals surface area contributed by atoms with Crippen LogP contribution >= 0.6 is 0 Å². The van der Waals surface area contributed by atoms with Crippen molar-refractivity contribution in [2.45, 2.75) is 45.7 Å². The van der Waals surface area contributed by atoms with Crippen LogP contribution in [0.1, 0.15) is 55.2 Å². The Morgan fingerprint density at radius 3 is 2.58 bits per heavy atom. The predicted octanol–water partition coefficient (Wildman–Crippen LogP) is 2.90. The molecule has 14 heteroatoms. The van der Waals surface area contributed by atoms with Crippen molar-refractivity contribution in [3.8, 4) is 11.5 Å². The van der Waals surface area contributed by atoms with Gasteiger partial charge in [0.25, 0.3) is 11.5 Å². The summed E-state index contributed by atoms with van der Waals surface area (Å²) in [5, 5.41) is 4.42. The fourth-order valence-electron chi connectivity index (χ4n) is 5.39. The molecule has 0 aliphatic carbocycles. The van der Waals surface area contributed by atoms with E-state index in [9.17, 15) is 26.8 Å². The molecule has 5 rings (SSSR count). The quantitative estimate of drug-likeness (QED) is 0.459. The predicted molar refractivity (Wildman–Crippen MR) is 144 cm³/mol. The van der Waals surface area contributed by atoms with Crippen LogP contribution in [0.3, 0.4) is 0 Å². The molecule has 1 atom stereocenters. The van der Waals surface area contributed by atoms with E-state index in [-0.39, 0.29) is 70.3 Å². The minimum atomic E-state index is -3.90. The number of sulfonamides is 1. The lowest BCUT2D eigenvalue weighted by Crippen LogP contribution is -2.42. The van der Waals surface area contributed by atoms with Gasteiger partial charge in [-0.1, -0.05) is 0 Å². The number of anilines is 1. The third-order valence-electron chi connectivity index (χ3n) is 7.48. The maximum Gasteiger partial charge on any atom is 0.280 e. The molecule has 1 amide bonds. The first-order valence-electron chi connectivity index (χ1n) is 13.1. The molecule has 0 N–H and O–H groups in total. The third kappa shape index (κ3) is 4.47. The lowest BCUT2D eigenvalue weighted by Gasteiger charge is -2.33. The van der Waals surface area contributed by atoms with Crippen molar-refractivity contribution in [3.63, 3.8) is 0 Å². The summed E-state index contributed by atoms with van der Waals surface area (Å²) >= 11 is 0. The van der Waals surface area contributed by atoms with Gasteiger partial charge in [-0.05, 0) is 39.2 Å². The number of carbonyl (C=O) groups is 1. The standard InChI is InChI=1S/C26H31F2N5O6S/c1-5-31-13-15(2)33-21-20(23(38-4)22(33)26(31)35)25(34)32-14-16-11-17(27)18(28)12-19(16)39-9-7-6-8-10-40(36,37)30(3)24(21)29-32/h11-12,15H,5-10,13-14H2,1-4H3/t15-/m0/s1. The highest BCUT2D eigenvalue weighted by atomic mass is 32.2. The Bertz CT molecular complexity index is 1670. The SMILES string of the molecule is CCN1C[C@H](C)n2c(c(OC)c3c(=O)n4nc(c32)N(C)S(=O)(=O)CCCCCOc2cc(F)c(F)cc2C4)C1=O. The first-order chi connectivity index (χ1) is 19.0. The number of halogens is 2. The Morgan fingerprint density at radius 1 is 1.15 bits per heavy atom. The largest absolute Gasteiger partial charge is 0.493 e. The van der Waals surface area contributed by atoms with Gasteiger partial charge in [-0.3, -0.25) is 13.9 Å². The van der Waals surface area contributed by atoms with Gasteiger partial charge in [0.15, 0.2) is 28.9 Å². The van der Waals surface area contributed by atoms with Crippen LogP contribution in [0.4, 0.5) is 14.6 Å². The van der Waals surface area contributed by atoms with Gasteiger partial charge < -0.3 is 18.9 Å². The van der Waals surface area contributed by atoms with Crippen LogP contribution in [-0.2, 0) is 16.6 Å². The molecule has 11 nitrogen and oxygen atoms in total. The summed E-state index contributed by atoms with van der Waals surface area (Å²) in [7, 11) is -1.22. The van der Waals surface area contributed by atoms with Crippen molar-refractivity contribution >= 4 is 32.7 Å². The number of methoxy groups -OCH3 is 1. The molecule has 2 aliphatic rings. The highest BCUT2D eigenvalue weighted by molar-refractivity contribution is 7.92. The number of nitrogens with zero attached hydrogens (tertiary/aromatic N) is 5. The summed E-state index contributed by atoms with van der Waals surface area (Å²) in [5.74, 6) is -2.81. The molecule has 0 saturated carbocycles. The van der Waals surface area contributed by atoms with Crippen molar-refractivity contribution < 1.29 is 31.5 Å². The summed E-state index contributed by atoms with van der Waals surface area (Å²) in [6, 6.07) is 1.53. The third-order valence-corrected chi connectivity index (χ3v) is 9.29. The Kier molecular flexibility index (Phi) is 7.23. The second-order valence-electron chi connectivity index (χ2n) is 10.0. The van der Waals surface area contributed by atoms with E-state index in [1.54, 1.807) is 9.47 Å². The number of rotatable bonds is 2. The van der Waals surface area contributed by atoms with E-state index in [0.29, 0.717) is 32.4 Å². The number of carbonyl (C=O) groups excluding carboxylic acids is 1. The number of amides is 1. The summed E-state index contributed by atoms with van der Waals surface area (Å²) in [5.41, 5.74) is -0.263. The first kappa shape index (κ1) is 27.9. The lowest BCUT2D eigenvalue weighted by atomic mass is 10.1. The monoisotopic (exact) mass is 579 g/mol. The van der Waals surface area contributed by atoms with Gasteiger partial charge in [0, 0.05) is 37.8 Å². The van der Waals surface area contributed by atoms with E-state index < -0.39 is 27.2 Å². The normalized spacial score (nSPS) is 19.6. The van der Waals surface area contributed by atoms with Crippen LogP contribution in [0, 0.1) is 11.6 Å². The number of aromatic nitrogens is 3. The van der Waals surface area contributed by atoms with E-state index in [4.69, 9.17) is 9.47 Å². The van der Waals surface area contributed by atoms with Gasteiger partial charge in [0.05, 0.1) is 26.0 Å². The molecular weight excluding hydrogens is 548 g/mol. The van der Waals surface area contributed by atoms with E-state index in [0.717, 1.165) is 21.1 Å². The molecule has 3 aromatic rings. The number of likely N-dealkylation sites (N-methyl/N-ethyl adjacent to an activating group) is 1. The maximum atomic E-state index is 14.3. The zero-order valence-corrected chi connectivity index (χ0v) is 23.6. The van der Waals surface area contributed by atoms with Crippen molar-refractivity contribution in [1.82, 2.24) is 19.2 Å². The topological polar surface area (TPSA) is 116 Å². The van der Waals surface area contributed by atoms with Crippen LogP contribution in [-0.4, -0.2) is 73.2 Å². The molecule has 0 unspecified atom stereocenters. The summed E-state index contributed by atoms with van der Waals surface area (Å²) in [4.78, 5) is 29.1. The first-order valence-corrected chi connectivity index (χ1v) is 14.7. The Hall–Kier alpha value is -3.68. The molecule has 0 spiro atoms. The van der Waals surface area contributed by atoms with Crippen molar-refractivity contribution in [1.29, 1.82) is 0 Å². The number of ether oxygens (including phenoxy) is 2. The average Bonchev–Trinajstić information content (AvgIpc) is 3.27. The smallest absolute Gasteiger partial charge is 0.280 e. The second-order valence-corrected chi connectivity index (χ2v) is 12.1. The van der Waals surface area contributed by atoms with Gasteiger partial charge in [-0.15, -0.1) is 5.10 Å². The number of hydrogen-bond donors (Lipinski definition) is 0. The molecular formula is C26H31F2N5O6S. The van der Waals surface area contributed by atoms with Gasteiger partial charge in [0.1, 0.15) is 16.7 Å². The molecule has 0 radical (unpaired) electrons. The number of benzene rings is 1. The molecule has 40 heavy (non-hydrogen) atoms. The van der Waals surface area contributed by atoms with Crippen LogP contribution in [0.25, 0.3) is 10.9 Å². The Morgan fingerprint density at radius 2 is 1.88 bits per heavy atom. The molecule has 0 fully saturated rings. The average molecular weight is 580 g/mol. The van der Waals surface area contributed by atoms with E-state index >= 15 is 0 Å². The van der Waals surface area contributed by atoms with Gasteiger partial charge in [-0.2, -0.15) is 0 Å². The van der Waals surface area contributed by atoms with Crippen LogP contribution in [0.2, 0.25) is 0 Å². The molecule has 4 heterocycles. The summed E-state index contributed by atoms with van der Waals surface area (Å²) < 4.78 is 70.3. The fraction of sp³-hybridized carbons (Fsp3) is 0.500. The summed E-state index contributed by atoms with van der Waals surface area (Å²) in [6.07, 6.45) is 1.32. The number of hydrogen-bond acceptors (Lipinski definition) is 7. The maximum absolute atomic E-state index is 14.3. The van der Waals surface area contributed by atoms with Crippen LogP contribution in [0.15, 0.2) is 16.9 Å². The molecule has 2 aromatic heterocycles. The molecule has 2 bridgehead atoms. The van der Waals surface area contributed by atoms with Gasteiger partial charge in [0.2, 0.25) is 10.0 Å². The Balaban J connectivity index is 1.87. The van der Waals surface area contributed by atoms with Crippen molar-refractivity contribution in [2.75, 3.05) is 43.9 Å². The highest BCUT2D eigenvalue weighted by Crippen LogP contribution is 2.41. The molecule has 2 aliphatic heterocycles. The molecule has 1 aromatic carbocycles. The van der Waals surface area contributed by atoms with Crippen molar-refractivity contribution in [2.24, 2.45) is 0 Å². The van der Waals surface area contributed by atoms with Crippen LogP contribution in [0.5, 0.6) is 11.5 Å². The zero-order chi connectivity index (χ0) is 28.9. The zero-order valence-electron chi connectivity index (χ0n) is 22.7. The molecule has 216 valence electrons. The second kappa shape index (κ2) is 10.4. The van der Waals surface area contributed by atoms with Crippen molar-refractivity contribution in [3.05, 3.63) is 45.4 Å². The molecule has 0 saturated heterocycles. The number of fused-ring (bicyclic) bond motifs is 7. The lowest BCUT2D eigenvalue weighted by molar-refractivity contribution is 0.0685. The van der Waals surface area contributed by atoms with E-state index in [1.807, 2.05) is 13.8 Å². The van der Waals surface area contributed by atoms with Crippen LogP contribution < -0.4 is 19.3 Å². The van der Waals surface area contributed by atoms with Gasteiger partial charge >= 0.3 is 0 Å². The minimum absolute atomic E-state index is 0.000995. The van der Waals surface area contributed by atoms with E-state index in [1.165, 1.54) is 14.2 Å². The highest BCUT2D eigenvalue weighted by Gasteiger charge is 2.39. The minimum Gasteiger partial charge on any atom is -0.493 e. The fourth-order valence-corrected chi connectivity index (χ4v) is 6.62.